The zero-order chi connectivity index (χ0) is 15.7. The Morgan fingerprint density at radius 3 is 2.78 bits per heavy atom. The molecule has 5 nitrogen and oxygen atoms in total. The molecule has 1 aromatic heterocycles. The first kappa shape index (κ1) is 14.7. The van der Waals surface area contributed by atoms with Crippen LogP contribution in [0.4, 0.5) is 5.69 Å². The molecule has 0 aliphatic carbocycles. The molecule has 1 fully saturated rings. The van der Waals surface area contributed by atoms with Crippen LogP contribution in [0.1, 0.15) is 18.4 Å². The van der Waals surface area contributed by atoms with Gasteiger partial charge >= 0.3 is 0 Å². The van der Waals surface area contributed by atoms with Crippen molar-refractivity contribution in [3.63, 3.8) is 0 Å². The van der Waals surface area contributed by atoms with Gasteiger partial charge in [-0.3, -0.25) is 4.68 Å². The van der Waals surface area contributed by atoms with Crippen molar-refractivity contribution < 1.29 is 9.84 Å². The lowest BCUT2D eigenvalue weighted by molar-refractivity contribution is 0.0546. The third kappa shape index (κ3) is 2.75. The fraction of sp³-hybridized carbons (Fsp3) is 0.500. The number of anilines is 1. The largest absolute Gasteiger partial charge is 0.389 e. The van der Waals surface area contributed by atoms with Gasteiger partial charge in [-0.05, 0) is 30.5 Å². The number of aliphatic hydroxyl groups excluding tert-OH is 1. The molecular formula is C18H23N3O2. The Morgan fingerprint density at radius 1 is 1.17 bits per heavy atom. The lowest BCUT2D eigenvalue weighted by Crippen LogP contribution is -2.41. The molecule has 3 heterocycles. The van der Waals surface area contributed by atoms with Crippen LogP contribution in [0, 0.1) is 0 Å². The topological polar surface area (TPSA) is 50.5 Å². The summed E-state index contributed by atoms with van der Waals surface area (Å²) in [6.07, 6.45) is 5.33. The van der Waals surface area contributed by atoms with Crippen LogP contribution < -0.4 is 4.90 Å². The van der Waals surface area contributed by atoms with E-state index in [9.17, 15) is 5.11 Å². The zero-order valence-electron chi connectivity index (χ0n) is 13.3. The van der Waals surface area contributed by atoms with E-state index in [-0.39, 0.29) is 5.41 Å². The van der Waals surface area contributed by atoms with E-state index in [4.69, 9.17) is 4.74 Å². The number of aliphatic hydroxyl groups is 1. The Hall–Kier alpha value is -1.85. The molecule has 1 spiro atoms. The molecule has 0 bridgehead atoms. The highest BCUT2D eigenvalue weighted by Crippen LogP contribution is 2.46. The highest BCUT2D eigenvalue weighted by atomic mass is 16.5. The van der Waals surface area contributed by atoms with Crippen LogP contribution >= 0.6 is 0 Å². The molecule has 2 aliphatic rings. The van der Waals surface area contributed by atoms with Gasteiger partial charge in [-0.2, -0.15) is 5.10 Å². The van der Waals surface area contributed by atoms with Crippen LogP contribution in [-0.4, -0.2) is 47.3 Å². The molecule has 2 aromatic rings. The van der Waals surface area contributed by atoms with Crippen LogP contribution in [-0.2, 0) is 16.7 Å². The highest BCUT2D eigenvalue weighted by molar-refractivity contribution is 5.63. The lowest BCUT2D eigenvalue weighted by atomic mass is 9.76. The number of para-hydroxylation sites is 1. The molecule has 1 atom stereocenters. The van der Waals surface area contributed by atoms with Crippen LogP contribution in [0.2, 0.25) is 0 Å². The van der Waals surface area contributed by atoms with Gasteiger partial charge in [0.05, 0.1) is 12.6 Å². The van der Waals surface area contributed by atoms with Gasteiger partial charge in [0.25, 0.3) is 0 Å². The van der Waals surface area contributed by atoms with E-state index in [1.807, 2.05) is 12.3 Å². The molecule has 0 radical (unpaired) electrons. The van der Waals surface area contributed by atoms with E-state index >= 15 is 0 Å². The predicted octanol–water partition coefficient (Wildman–Crippen LogP) is 1.81. The number of aromatic nitrogens is 2. The average molecular weight is 313 g/mol. The smallest absolute Gasteiger partial charge is 0.0910 e. The zero-order valence-corrected chi connectivity index (χ0v) is 13.3. The number of nitrogens with zero attached hydrogens (tertiary/aromatic N) is 3. The average Bonchev–Trinajstić information content (AvgIpc) is 3.17. The normalized spacial score (nSPS) is 20.7. The summed E-state index contributed by atoms with van der Waals surface area (Å²) in [5.74, 6) is 0. The number of fused-ring (bicyclic) bond motifs is 2. The van der Waals surface area contributed by atoms with E-state index in [2.05, 4.69) is 34.3 Å². The number of benzene rings is 1. The van der Waals surface area contributed by atoms with Crippen molar-refractivity contribution in [1.29, 1.82) is 0 Å². The Labute approximate surface area is 136 Å². The quantitative estimate of drug-likeness (QED) is 0.935. The van der Waals surface area contributed by atoms with Gasteiger partial charge in [0.2, 0.25) is 0 Å². The first-order valence-corrected chi connectivity index (χ1v) is 8.35. The van der Waals surface area contributed by atoms with Crippen LogP contribution in [0.15, 0.2) is 42.7 Å². The fourth-order valence-corrected chi connectivity index (χ4v) is 4.02. The lowest BCUT2D eigenvalue weighted by Gasteiger charge is -2.34. The molecule has 1 aromatic carbocycles. The standard InChI is InChI=1S/C18H23N3O2/c22-15(13-21-9-3-8-19-21)12-20-14-18(6-10-23-11-7-18)16-4-1-2-5-17(16)20/h1-5,8-9,15,22H,6-7,10-14H2. The van der Waals surface area contributed by atoms with Crippen molar-refractivity contribution in [3.05, 3.63) is 48.3 Å². The third-order valence-electron chi connectivity index (χ3n) is 5.15. The molecule has 23 heavy (non-hydrogen) atoms. The first-order chi connectivity index (χ1) is 11.3. The molecule has 1 unspecified atom stereocenters. The van der Waals surface area contributed by atoms with Gasteiger partial charge in [-0.25, -0.2) is 0 Å². The summed E-state index contributed by atoms with van der Waals surface area (Å²) in [7, 11) is 0. The van der Waals surface area contributed by atoms with E-state index in [1.54, 1.807) is 10.9 Å². The summed E-state index contributed by atoms with van der Waals surface area (Å²) in [4.78, 5) is 2.34. The Kier molecular flexibility index (Phi) is 3.83. The summed E-state index contributed by atoms with van der Waals surface area (Å²) in [5, 5.41) is 14.6. The van der Waals surface area contributed by atoms with Gasteiger partial charge in [-0.1, -0.05) is 18.2 Å². The molecule has 0 amide bonds. The third-order valence-corrected chi connectivity index (χ3v) is 5.15. The molecule has 122 valence electrons. The number of ether oxygens (including phenoxy) is 1. The van der Waals surface area contributed by atoms with Crippen LogP contribution in [0.3, 0.4) is 0 Å². The minimum absolute atomic E-state index is 0.195. The molecule has 5 heteroatoms. The van der Waals surface area contributed by atoms with E-state index in [0.717, 1.165) is 32.6 Å². The van der Waals surface area contributed by atoms with Gasteiger partial charge in [-0.15, -0.1) is 0 Å². The molecule has 4 rings (SSSR count). The SMILES string of the molecule is OC(CN1CC2(CCOCC2)c2ccccc21)Cn1cccn1. The summed E-state index contributed by atoms with van der Waals surface area (Å²) < 4.78 is 7.37. The monoisotopic (exact) mass is 313 g/mol. The summed E-state index contributed by atoms with van der Waals surface area (Å²) in [5.41, 5.74) is 2.89. The molecule has 1 N–H and O–H groups in total. The summed E-state index contributed by atoms with van der Waals surface area (Å²) >= 11 is 0. The molecule has 1 saturated heterocycles. The van der Waals surface area contributed by atoms with Crippen molar-refractivity contribution >= 4 is 5.69 Å². The van der Waals surface area contributed by atoms with Crippen molar-refractivity contribution in [2.24, 2.45) is 0 Å². The number of β-amino-alcohol motifs (C(OH)–C–C–N with tert-alkyl or cyclic N) is 1. The fourth-order valence-electron chi connectivity index (χ4n) is 4.02. The van der Waals surface area contributed by atoms with Gasteiger partial charge in [0.15, 0.2) is 0 Å². The second-order valence-electron chi connectivity index (χ2n) is 6.67. The van der Waals surface area contributed by atoms with Crippen molar-refractivity contribution in [3.8, 4) is 0 Å². The maximum atomic E-state index is 10.5. The van der Waals surface area contributed by atoms with Crippen LogP contribution in [0.25, 0.3) is 0 Å². The molecular weight excluding hydrogens is 290 g/mol. The summed E-state index contributed by atoms with van der Waals surface area (Å²) in [6, 6.07) is 10.5. The highest BCUT2D eigenvalue weighted by Gasteiger charge is 2.43. The second kappa shape index (κ2) is 5.98. The van der Waals surface area contributed by atoms with E-state index in [1.165, 1.54) is 11.3 Å². The maximum absolute atomic E-state index is 10.5. The van der Waals surface area contributed by atoms with Gasteiger partial charge in [0, 0.05) is 49.8 Å². The summed E-state index contributed by atoms with van der Waals surface area (Å²) in [6.45, 7) is 3.81. The second-order valence-corrected chi connectivity index (χ2v) is 6.67. The van der Waals surface area contributed by atoms with Crippen molar-refractivity contribution in [1.82, 2.24) is 9.78 Å². The Morgan fingerprint density at radius 2 is 2.00 bits per heavy atom. The minimum Gasteiger partial charge on any atom is -0.389 e. The Balaban J connectivity index is 1.53. The van der Waals surface area contributed by atoms with Gasteiger partial charge < -0.3 is 14.7 Å². The molecule has 2 aliphatic heterocycles. The van der Waals surface area contributed by atoms with E-state index < -0.39 is 6.10 Å². The van der Waals surface area contributed by atoms with Crippen LogP contribution in [0.5, 0.6) is 0 Å². The number of rotatable bonds is 4. The maximum Gasteiger partial charge on any atom is 0.0910 e. The van der Waals surface area contributed by atoms with Gasteiger partial charge in [0.1, 0.15) is 0 Å². The van der Waals surface area contributed by atoms with Crippen molar-refractivity contribution in [2.75, 3.05) is 31.2 Å². The van der Waals surface area contributed by atoms with Crippen molar-refractivity contribution in [2.45, 2.75) is 30.9 Å². The Bertz CT molecular complexity index is 650. The predicted molar refractivity (Wildman–Crippen MR) is 88.6 cm³/mol. The number of hydrogen-bond donors (Lipinski definition) is 1. The van der Waals surface area contributed by atoms with E-state index in [0.29, 0.717) is 13.1 Å². The minimum atomic E-state index is -0.432. The number of hydrogen-bond acceptors (Lipinski definition) is 4. The first-order valence-electron chi connectivity index (χ1n) is 8.35. The molecule has 0 saturated carbocycles.